The van der Waals surface area contributed by atoms with Crippen LogP contribution in [0.1, 0.15) is 5.56 Å². The fraction of sp³-hybridized carbons (Fsp3) is 0.118. The smallest absolute Gasteiger partial charge is 0.255 e. The highest BCUT2D eigenvalue weighted by atomic mass is 35.5. The number of rotatable bonds is 3. The summed E-state index contributed by atoms with van der Waals surface area (Å²) in [7, 11) is 1.56. The number of benzene rings is 2. The van der Waals surface area contributed by atoms with Crippen LogP contribution < -0.4 is 14.8 Å². The molecule has 2 aromatic rings. The number of nitrogens with one attached hydrogen (secondary N) is 1. The molecule has 0 aliphatic carbocycles. The highest BCUT2D eigenvalue weighted by Gasteiger charge is 2.18. The minimum absolute atomic E-state index is 0.227. The van der Waals surface area contributed by atoms with Crippen molar-refractivity contribution in [1.29, 1.82) is 0 Å². The molecule has 0 saturated carbocycles. The Kier molecular flexibility index (Phi) is 4.02. The maximum Gasteiger partial charge on any atom is 0.255 e. The van der Waals surface area contributed by atoms with Crippen molar-refractivity contribution in [1.82, 2.24) is 0 Å². The lowest BCUT2D eigenvalue weighted by atomic mass is 10.1. The van der Waals surface area contributed by atoms with E-state index in [4.69, 9.17) is 21.1 Å². The van der Waals surface area contributed by atoms with Gasteiger partial charge in [-0.15, -0.1) is 0 Å². The molecule has 0 aromatic heterocycles. The summed E-state index contributed by atoms with van der Waals surface area (Å²) in [5.74, 6) is 1.15. The highest BCUT2D eigenvalue weighted by Crippen LogP contribution is 2.29. The van der Waals surface area contributed by atoms with Crippen LogP contribution in [0.5, 0.6) is 11.5 Å². The van der Waals surface area contributed by atoms with Gasteiger partial charge in [-0.3, -0.25) is 4.79 Å². The van der Waals surface area contributed by atoms with Crippen molar-refractivity contribution in [2.24, 2.45) is 0 Å². The van der Waals surface area contributed by atoms with Crippen LogP contribution in [0.4, 0.5) is 5.69 Å². The summed E-state index contributed by atoms with van der Waals surface area (Å²) in [6.45, 7) is 0.227. The van der Waals surface area contributed by atoms with Crippen LogP contribution in [0, 0.1) is 0 Å². The Balaban J connectivity index is 1.83. The van der Waals surface area contributed by atoms with Crippen LogP contribution in [-0.4, -0.2) is 19.6 Å². The normalized spacial score (nSPS) is 12.7. The summed E-state index contributed by atoms with van der Waals surface area (Å²) in [6.07, 6.45) is 1.82. The predicted molar refractivity (Wildman–Crippen MR) is 86.5 cm³/mol. The Morgan fingerprint density at radius 1 is 1.27 bits per heavy atom. The summed E-state index contributed by atoms with van der Waals surface area (Å²) < 4.78 is 10.7. The molecule has 4 nitrogen and oxygen atoms in total. The second kappa shape index (κ2) is 6.12. The maximum atomic E-state index is 12.4. The molecular formula is C17H14ClNO3. The number of carbonyl (C=O) groups is 1. The molecule has 0 atom stereocenters. The number of carbonyl (C=O) groups excluding carboxylic acids is 1. The number of hydrogen-bond donors (Lipinski definition) is 1. The molecule has 0 bridgehead atoms. The Labute approximate surface area is 133 Å². The van der Waals surface area contributed by atoms with E-state index in [0.29, 0.717) is 22.0 Å². The lowest BCUT2D eigenvalue weighted by molar-refractivity contribution is -0.113. The van der Waals surface area contributed by atoms with E-state index in [1.54, 1.807) is 25.3 Å². The van der Waals surface area contributed by atoms with Crippen molar-refractivity contribution in [2.45, 2.75) is 0 Å². The van der Waals surface area contributed by atoms with Crippen LogP contribution in [0.2, 0.25) is 5.02 Å². The summed E-state index contributed by atoms with van der Waals surface area (Å²) in [6, 6.07) is 12.7. The van der Waals surface area contributed by atoms with Gasteiger partial charge in [-0.1, -0.05) is 29.8 Å². The molecule has 5 heteroatoms. The van der Waals surface area contributed by atoms with Gasteiger partial charge in [0.05, 0.1) is 23.4 Å². The molecule has 0 radical (unpaired) electrons. The van der Waals surface area contributed by atoms with Gasteiger partial charge >= 0.3 is 0 Å². The van der Waals surface area contributed by atoms with Gasteiger partial charge in [-0.2, -0.15) is 0 Å². The van der Waals surface area contributed by atoms with Crippen LogP contribution in [0.25, 0.3) is 6.08 Å². The van der Waals surface area contributed by atoms with Gasteiger partial charge < -0.3 is 14.8 Å². The van der Waals surface area contributed by atoms with Gasteiger partial charge in [0.15, 0.2) is 0 Å². The molecule has 0 saturated heterocycles. The van der Waals surface area contributed by atoms with Gasteiger partial charge in [0.1, 0.15) is 18.1 Å². The van der Waals surface area contributed by atoms with Gasteiger partial charge in [0.25, 0.3) is 5.91 Å². The third-order valence-electron chi connectivity index (χ3n) is 3.35. The summed E-state index contributed by atoms with van der Waals surface area (Å²) in [5, 5.41) is 3.24. The Morgan fingerprint density at radius 2 is 2.09 bits per heavy atom. The third-order valence-corrected chi connectivity index (χ3v) is 3.67. The fourth-order valence-corrected chi connectivity index (χ4v) is 2.34. The number of halogens is 1. The van der Waals surface area contributed by atoms with Crippen molar-refractivity contribution >= 4 is 29.3 Å². The van der Waals surface area contributed by atoms with Crippen molar-refractivity contribution in [3.05, 3.63) is 58.6 Å². The van der Waals surface area contributed by atoms with Crippen molar-refractivity contribution in [3.8, 4) is 11.5 Å². The van der Waals surface area contributed by atoms with E-state index < -0.39 is 0 Å². The van der Waals surface area contributed by atoms with E-state index in [9.17, 15) is 4.79 Å². The van der Waals surface area contributed by atoms with Crippen LogP contribution in [0.3, 0.4) is 0 Å². The molecular weight excluding hydrogens is 302 g/mol. The minimum atomic E-state index is -0.246. The number of ether oxygens (including phenoxy) is 2. The quantitative estimate of drug-likeness (QED) is 0.938. The summed E-state index contributed by atoms with van der Waals surface area (Å²) in [4.78, 5) is 12.4. The molecule has 22 heavy (non-hydrogen) atoms. The summed E-state index contributed by atoms with van der Waals surface area (Å²) in [5.41, 5.74) is 1.93. The molecule has 0 spiro atoms. The monoisotopic (exact) mass is 315 g/mol. The first-order chi connectivity index (χ1) is 10.7. The molecule has 112 valence electrons. The third kappa shape index (κ3) is 2.92. The largest absolute Gasteiger partial charge is 0.497 e. The topological polar surface area (TPSA) is 47.6 Å². The first kappa shape index (κ1) is 14.5. The zero-order valence-electron chi connectivity index (χ0n) is 11.9. The standard InChI is InChI=1S/C17H14ClNO3/c1-21-13-6-7-14(18)15(9-13)19-17(20)12-8-11-4-2-3-5-16(11)22-10-12/h2-9H,10H2,1H3,(H,19,20). The first-order valence-corrected chi connectivity index (χ1v) is 7.12. The second-order valence-electron chi connectivity index (χ2n) is 4.80. The van der Waals surface area contributed by atoms with Crippen molar-refractivity contribution in [3.63, 3.8) is 0 Å². The number of para-hydroxylation sites is 1. The van der Waals surface area contributed by atoms with Crippen LogP contribution >= 0.6 is 11.6 Å². The van der Waals surface area contributed by atoms with E-state index in [0.717, 1.165) is 11.3 Å². The first-order valence-electron chi connectivity index (χ1n) is 6.74. The lowest BCUT2D eigenvalue weighted by Crippen LogP contribution is -2.21. The molecule has 0 unspecified atom stereocenters. The van der Waals surface area contributed by atoms with Crippen LogP contribution in [0.15, 0.2) is 48.0 Å². The number of amides is 1. The molecule has 1 amide bonds. The Bertz CT molecular complexity index is 755. The zero-order chi connectivity index (χ0) is 15.5. The van der Waals surface area contributed by atoms with Gasteiger partial charge in [-0.25, -0.2) is 0 Å². The molecule has 1 N–H and O–H groups in total. The SMILES string of the molecule is COc1ccc(Cl)c(NC(=O)C2=Cc3ccccc3OC2)c1. The number of fused-ring (bicyclic) bond motifs is 1. The molecule has 1 aliphatic heterocycles. The van der Waals surface area contributed by atoms with Gasteiger partial charge in [0, 0.05) is 11.6 Å². The van der Waals surface area contributed by atoms with E-state index in [1.165, 1.54) is 0 Å². The molecule has 2 aromatic carbocycles. The van der Waals surface area contributed by atoms with Crippen LogP contribution in [-0.2, 0) is 4.79 Å². The minimum Gasteiger partial charge on any atom is -0.497 e. The Morgan fingerprint density at radius 3 is 2.91 bits per heavy atom. The summed E-state index contributed by atoms with van der Waals surface area (Å²) >= 11 is 6.10. The average molecular weight is 316 g/mol. The Hall–Kier alpha value is -2.46. The second-order valence-corrected chi connectivity index (χ2v) is 5.20. The van der Waals surface area contributed by atoms with Gasteiger partial charge in [-0.05, 0) is 24.3 Å². The van der Waals surface area contributed by atoms with Crippen molar-refractivity contribution < 1.29 is 14.3 Å². The predicted octanol–water partition coefficient (Wildman–Crippen LogP) is 3.76. The highest BCUT2D eigenvalue weighted by molar-refractivity contribution is 6.34. The lowest BCUT2D eigenvalue weighted by Gasteiger charge is -2.18. The van der Waals surface area contributed by atoms with E-state index in [2.05, 4.69) is 5.32 Å². The maximum absolute atomic E-state index is 12.4. The number of anilines is 1. The van der Waals surface area contributed by atoms with E-state index in [-0.39, 0.29) is 12.5 Å². The fourth-order valence-electron chi connectivity index (χ4n) is 2.18. The molecule has 1 aliphatic rings. The number of methoxy groups -OCH3 is 1. The van der Waals surface area contributed by atoms with Gasteiger partial charge in [0.2, 0.25) is 0 Å². The van der Waals surface area contributed by atoms with E-state index >= 15 is 0 Å². The van der Waals surface area contributed by atoms with Crippen molar-refractivity contribution in [2.75, 3.05) is 19.0 Å². The number of hydrogen-bond acceptors (Lipinski definition) is 3. The van der Waals surface area contributed by atoms with E-state index in [1.807, 2.05) is 30.3 Å². The molecule has 3 rings (SSSR count). The molecule has 0 fully saturated rings. The average Bonchev–Trinajstić information content (AvgIpc) is 2.56. The zero-order valence-corrected chi connectivity index (χ0v) is 12.7. The molecule has 1 heterocycles.